The molecule has 16 heavy (non-hydrogen) atoms. The largest absolute Gasteiger partial charge is 0.322 e. The zero-order valence-corrected chi connectivity index (χ0v) is 11.9. The summed E-state index contributed by atoms with van der Waals surface area (Å²) >= 11 is 0. The predicted molar refractivity (Wildman–Crippen MR) is 72.3 cm³/mol. The molecule has 0 amide bonds. The van der Waals surface area contributed by atoms with Crippen LogP contribution in [0.5, 0.6) is 0 Å². The summed E-state index contributed by atoms with van der Waals surface area (Å²) in [6.45, 7) is 15.7. The SMILES string of the molecule is CC(C)(C)C1=C[C@@](C)(N)CC(C(C)(C)C)=C1. The molecule has 1 atom stereocenters. The first kappa shape index (κ1) is 13.5. The highest BCUT2D eigenvalue weighted by Gasteiger charge is 2.31. The van der Waals surface area contributed by atoms with Gasteiger partial charge >= 0.3 is 0 Å². The second-order valence-electron chi connectivity index (χ2n) is 7.45. The Kier molecular flexibility index (Phi) is 3.15. The second kappa shape index (κ2) is 3.73. The van der Waals surface area contributed by atoms with E-state index in [1.807, 2.05) is 0 Å². The summed E-state index contributed by atoms with van der Waals surface area (Å²) in [4.78, 5) is 0. The molecule has 0 saturated heterocycles. The van der Waals surface area contributed by atoms with Crippen LogP contribution in [0.25, 0.3) is 0 Å². The molecule has 0 saturated carbocycles. The molecule has 0 aromatic rings. The zero-order valence-electron chi connectivity index (χ0n) is 11.9. The maximum absolute atomic E-state index is 6.33. The van der Waals surface area contributed by atoms with Gasteiger partial charge in [0.25, 0.3) is 0 Å². The molecule has 0 bridgehead atoms. The first-order chi connectivity index (χ1) is 6.92. The molecule has 0 unspecified atom stereocenters. The highest BCUT2D eigenvalue weighted by atomic mass is 14.7. The lowest BCUT2D eigenvalue weighted by molar-refractivity contribution is 0.418. The van der Waals surface area contributed by atoms with Crippen molar-refractivity contribution in [2.75, 3.05) is 0 Å². The number of nitrogens with two attached hydrogens (primary N) is 1. The van der Waals surface area contributed by atoms with Gasteiger partial charge in [-0.1, -0.05) is 59.3 Å². The Balaban J connectivity index is 3.19. The molecule has 0 aromatic carbocycles. The maximum Gasteiger partial charge on any atom is 0.0354 e. The van der Waals surface area contributed by atoms with Crippen molar-refractivity contribution in [2.24, 2.45) is 16.6 Å². The first-order valence-corrected chi connectivity index (χ1v) is 6.15. The van der Waals surface area contributed by atoms with Crippen LogP contribution < -0.4 is 5.73 Å². The predicted octanol–water partition coefficient (Wildman–Crippen LogP) is 4.05. The Labute approximate surface area is 101 Å². The van der Waals surface area contributed by atoms with Crippen molar-refractivity contribution in [1.82, 2.24) is 0 Å². The topological polar surface area (TPSA) is 26.0 Å². The van der Waals surface area contributed by atoms with Crippen LogP contribution in [0.3, 0.4) is 0 Å². The Bertz CT molecular complexity index is 329. The molecule has 1 aliphatic rings. The summed E-state index contributed by atoms with van der Waals surface area (Å²) in [5.41, 5.74) is 9.36. The fourth-order valence-corrected chi connectivity index (χ4v) is 2.01. The summed E-state index contributed by atoms with van der Waals surface area (Å²) in [6.07, 6.45) is 5.56. The Morgan fingerprint density at radius 1 is 1.06 bits per heavy atom. The number of hydrogen-bond acceptors (Lipinski definition) is 1. The van der Waals surface area contributed by atoms with Crippen molar-refractivity contribution in [2.45, 2.75) is 60.4 Å². The minimum absolute atomic E-state index is 0.178. The molecule has 1 aliphatic carbocycles. The maximum atomic E-state index is 6.33. The van der Waals surface area contributed by atoms with Crippen molar-refractivity contribution in [3.05, 3.63) is 23.3 Å². The summed E-state index contributed by atoms with van der Waals surface area (Å²) in [6, 6.07) is 0. The van der Waals surface area contributed by atoms with E-state index < -0.39 is 0 Å². The lowest BCUT2D eigenvalue weighted by atomic mass is 9.71. The third-order valence-corrected chi connectivity index (χ3v) is 3.22. The molecule has 0 heterocycles. The van der Waals surface area contributed by atoms with Gasteiger partial charge < -0.3 is 5.73 Å². The van der Waals surface area contributed by atoms with Crippen LogP contribution >= 0.6 is 0 Å². The molecule has 1 rings (SSSR count). The van der Waals surface area contributed by atoms with Gasteiger partial charge in [0.2, 0.25) is 0 Å². The standard InChI is InChI=1S/C15H27N/c1-13(2,3)11-8-12(14(4,5)6)10-15(7,16)9-11/h8-9H,10,16H2,1-7H3/t15-/m1/s1. The normalized spacial score (nSPS) is 27.5. The van der Waals surface area contributed by atoms with Gasteiger partial charge in [-0.15, -0.1) is 0 Å². The lowest BCUT2D eigenvalue weighted by Crippen LogP contribution is -2.39. The fraction of sp³-hybridized carbons (Fsp3) is 0.733. The van der Waals surface area contributed by atoms with Crippen LogP contribution in [0.15, 0.2) is 23.3 Å². The molecule has 0 aliphatic heterocycles. The van der Waals surface area contributed by atoms with E-state index in [1.54, 1.807) is 0 Å². The number of hydrogen-bond donors (Lipinski definition) is 1. The average Bonchev–Trinajstić information content (AvgIpc) is 1.97. The summed E-state index contributed by atoms with van der Waals surface area (Å²) in [5.74, 6) is 0. The van der Waals surface area contributed by atoms with Crippen molar-refractivity contribution in [3.8, 4) is 0 Å². The van der Waals surface area contributed by atoms with E-state index in [4.69, 9.17) is 5.73 Å². The molecular weight excluding hydrogens is 194 g/mol. The fourth-order valence-electron chi connectivity index (χ4n) is 2.01. The average molecular weight is 221 g/mol. The third kappa shape index (κ3) is 3.21. The highest BCUT2D eigenvalue weighted by Crippen LogP contribution is 2.40. The van der Waals surface area contributed by atoms with Gasteiger partial charge in [0.05, 0.1) is 0 Å². The van der Waals surface area contributed by atoms with E-state index in [2.05, 4.69) is 60.6 Å². The minimum Gasteiger partial charge on any atom is -0.322 e. The van der Waals surface area contributed by atoms with Gasteiger partial charge in [-0.05, 0) is 29.7 Å². The van der Waals surface area contributed by atoms with Crippen molar-refractivity contribution < 1.29 is 0 Å². The summed E-state index contributed by atoms with van der Waals surface area (Å²) in [5, 5.41) is 0. The number of allylic oxidation sites excluding steroid dienone is 2. The summed E-state index contributed by atoms with van der Waals surface area (Å²) < 4.78 is 0. The lowest BCUT2D eigenvalue weighted by Gasteiger charge is -2.37. The van der Waals surface area contributed by atoms with Crippen LogP contribution in [0.4, 0.5) is 0 Å². The third-order valence-electron chi connectivity index (χ3n) is 3.22. The van der Waals surface area contributed by atoms with Crippen LogP contribution in [0.2, 0.25) is 0 Å². The van der Waals surface area contributed by atoms with E-state index in [1.165, 1.54) is 11.1 Å². The second-order valence-corrected chi connectivity index (χ2v) is 7.45. The Morgan fingerprint density at radius 2 is 1.56 bits per heavy atom. The zero-order chi connectivity index (χ0) is 12.8. The van der Waals surface area contributed by atoms with E-state index in [0.717, 1.165) is 6.42 Å². The van der Waals surface area contributed by atoms with E-state index in [-0.39, 0.29) is 16.4 Å². The van der Waals surface area contributed by atoms with Gasteiger partial charge in [-0.3, -0.25) is 0 Å². The minimum atomic E-state index is -0.194. The first-order valence-electron chi connectivity index (χ1n) is 6.15. The van der Waals surface area contributed by atoms with E-state index >= 15 is 0 Å². The molecule has 0 spiro atoms. The molecule has 0 fully saturated rings. The van der Waals surface area contributed by atoms with E-state index in [0.29, 0.717) is 0 Å². The van der Waals surface area contributed by atoms with Crippen LogP contribution in [-0.2, 0) is 0 Å². The van der Waals surface area contributed by atoms with Crippen LogP contribution in [0, 0.1) is 10.8 Å². The van der Waals surface area contributed by atoms with Gasteiger partial charge in [-0.25, -0.2) is 0 Å². The Morgan fingerprint density at radius 3 is 1.94 bits per heavy atom. The van der Waals surface area contributed by atoms with Gasteiger partial charge in [0, 0.05) is 5.54 Å². The van der Waals surface area contributed by atoms with Crippen LogP contribution in [-0.4, -0.2) is 5.54 Å². The van der Waals surface area contributed by atoms with Crippen molar-refractivity contribution in [3.63, 3.8) is 0 Å². The monoisotopic (exact) mass is 221 g/mol. The summed E-state index contributed by atoms with van der Waals surface area (Å²) in [7, 11) is 0. The van der Waals surface area contributed by atoms with Gasteiger partial charge in [0.1, 0.15) is 0 Å². The smallest absolute Gasteiger partial charge is 0.0354 e. The van der Waals surface area contributed by atoms with Crippen molar-refractivity contribution in [1.29, 1.82) is 0 Å². The van der Waals surface area contributed by atoms with Crippen molar-refractivity contribution >= 4 is 0 Å². The number of rotatable bonds is 0. The molecule has 0 radical (unpaired) electrons. The van der Waals surface area contributed by atoms with E-state index in [9.17, 15) is 0 Å². The molecule has 2 N–H and O–H groups in total. The van der Waals surface area contributed by atoms with Crippen LogP contribution in [0.1, 0.15) is 54.9 Å². The highest BCUT2D eigenvalue weighted by molar-refractivity contribution is 5.39. The van der Waals surface area contributed by atoms with Gasteiger partial charge in [0.15, 0.2) is 0 Å². The molecule has 92 valence electrons. The quantitative estimate of drug-likeness (QED) is 0.656. The Hall–Kier alpha value is -0.560. The molecule has 0 aromatic heterocycles. The van der Waals surface area contributed by atoms with Gasteiger partial charge in [-0.2, -0.15) is 0 Å². The molecular formula is C15H27N. The molecule has 1 heteroatoms. The molecule has 1 nitrogen and oxygen atoms in total.